The van der Waals surface area contributed by atoms with Crippen molar-refractivity contribution in [1.29, 1.82) is 0 Å². The number of nitrogens with zero attached hydrogens (tertiary/aromatic N) is 7. The molecule has 0 saturated heterocycles. The van der Waals surface area contributed by atoms with Crippen molar-refractivity contribution in [2.45, 2.75) is 39.0 Å². The number of benzene rings is 4. The number of nitrogens with one attached hydrogen (secondary N) is 1. The molecular formula is C44H56N8O6. The second-order valence-corrected chi connectivity index (χ2v) is 16.3. The van der Waals surface area contributed by atoms with E-state index in [0.717, 1.165) is 22.3 Å². The van der Waals surface area contributed by atoms with E-state index in [1.54, 1.807) is 24.3 Å². The maximum Gasteiger partial charge on any atom is 0.263 e. The zero-order chi connectivity index (χ0) is 42.0. The first-order valence-electron chi connectivity index (χ1n) is 19.6. The molecule has 308 valence electrons. The van der Waals surface area contributed by atoms with Crippen molar-refractivity contribution in [3.05, 3.63) is 107 Å². The molecule has 4 aromatic rings. The fourth-order valence-electron chi connectivity index (χ4n) is 7.60. The summed E-state index contributed by atoms with van der Waals surface area (Å²) >= 11 is 0. The molecule has 6 rings (SSSR count). The Morgan fingerprint density at radius 2 is 1.19 bits per heavy atom. The molecule has 0 amide bonds. The van der Waals surface area contributed by atoms with Gasteiger partial charge in [-0.15, -0.1) is 0 Å². The molecule has 14 nitrogen and oxygen atoms in total. The van der Waals surface area contributed by atoms with Gasteiger partial charge in [0.15, 0.2) is 0 Å². The second kappa shape index (κ2) is 17.5. The highest BCUT2D eigenvalue weighted by Crippen LogP contribution is 2.40. The number of hydrogen-bond acceptors (Lipinski definition) is 12. The molecule has 1 aliphatic carbocycles. The molecule has 14 heteroatoms. The van der Waals surface area contributed by atoms with Gasteiger partial charge in [0, 0.05) is 80.1 Å². The molecule has 0 spiro atoms. The molecule has 3 aromatic carbocycles. The van der Waals surface area contributed by atoms with Crippen molar-refractivity contribution in [2.24, 2.45) is 4.99 Å². The lowest BCUT2D eigenvalue weighted by Gasteiger charge is -2.23. The molecule has 1 aromatic heterocycles. The molecule has 0 atom stereocenters. The molecule has 0 radical (unpaired) electrons. The Bertz CT molecular complexity index is 2630. The van der Waals surface area contributed by atoms with Crippen LogP contribution in [0.1, 0.15) is 22.3 Å². The van der Waals surface area contributed by atoms with Crippen LogP contribution in [0.4, 0.5) is 5.69 Å². The summed E-state index contributed by atoms with van der Waals surface area (Å²) in [6.07, 6.45) is 1.05. The monoisotopic (exact) mass is 792 g/mol. The van der Waals surface area contributed by atoms with Crippen LogP contribution in [0, 0.1) is 0 Å². The number of aromatic nitrogens is 2. The lowest BCUT2D eigenvalue weighted by molar-refractivity contribution is 0.353. The van der Waals surface area contributed by atoms with Gasteiger partial charge in [0.1, 0.15) is 11.5 Å². The minimum absolute atomic E-state index is 0.158. The van der Waals surface area contributed by atoms with E-state index >= 15 is 0 Å². The number of anilines is 1. The minimum Gasteiger partial charge on any atom is -0.508 e. The first-order chi connectivity index (χ1) is 27.5. The van der Waals surface area contributed by atoms with Crippen molar-refractivity contribution in [3.8, 4) is 28.5 Å². The summed E-state index contributed by atoms with van der Waals surface area (Å²) in [4.78, 5) is 56.0. The number of aromatic hydroxyl groups is 3. The van der Waals surface area contributed by atoms with Crippen LogP contribution < -0.4 is 27.4 Å². The van der Waals surface area contributed by atoms with Crippen LogP contribution in [0.15, 0.2) is 67.9 Å². The first kappa shape index (κ1) is 42.1. The van der Waals surface area contributed by atoms with E-state index in [1.165, 1.54) is 9.13 Å². The average Bonchev–Trinajstić information content (AvgIpc) is 3.14. The summed E-state index contributed by atoms with van der Waals surface area (Å²) in [5, 5.41) is 37.9. The lowest BCUT2D eigenvalue weighted by atomic mass is 9.89. The van der Waals surface area contributed by atoms with Crippen molar-refractivity contribution >= 4 is 27.2 Å². The Morgan fingerprint density at radius 3 is 1.76 bits per heavy atom. The predicted octanol–water partition coefficient (Wildman–Crippen LogP) is 2.82. The van der Waals surface area contributed by atoms with Crippen LogP contribution in [0.5, 0.6) is 17.4 Å². The van der Waals surface area contributed by atoms with Crippen LogP contribution in [0.25, 0.3) is 32.7 Å². The van der Waals surface area contributed by atoms with E-state index in [9.17, 15) is 29.7 Å². The third-order valence-electron chi connectivity index (χ3n) is 10.5. The highest BCUT2D eigenvalue weighted by Gasteiger charge is 2.29. The van der Waals surface area contributed by atoms with Gasteiger partial charge in [-0.05, 0) is 105 Å². The van der Waals surface area contributed by atoms with Crippen LogP contribution >= 0.6 is 0 Å². The van der Waals surface area contributed by atoms with Gasteiger partial charge in [-0.3, -0.25) is 28.5 Å². The molecule has 2 heterocycles. The Balaban J connectivity index is 1.57. The van der Waals surface area contributed by atoms with Crippen molar-refractivity contribution in [3.63, 3.8) is 0 Å². The average molecular weight is 793 g/mol. The lowest BCUT2D eigenvalue weighted by Crippen LogP contribution is -2.39. The van der Waals surface area contributed by atoms with Gasteiger partial charge in [0.25, 0.3) is 16.7 Å². The Morgan fingerprint density at radius 1 is 0.621 bits per heavy atom. The zero-order valence-corrected chi connectivity index (χ0v) is 34.9. The highest BCUT2D eigenvalue weighted by atomic mass is 16.3. The van der Waals surface area contributed by atoms with Gasteiger partial charge < -0.3 is 40.2 Å². The summed E-state index contributed by atoms with van der Waals surface area (Å²) in [7, 11) is 15.3. The zero-order valence-electron chi connectivity index (χ0n) is 34.9. The smallest absolute Gasteiger partial charge is 0.263 e. The molecule has 58 heavy (non-hydrogen) atoms. The fourth-order valence-corrected chi connectivity index (χ4v) is 7.60. The molecule has 0 saturated carbocycles. The van der Waals surface area contributed by atoms with E-state index in [1.807, 2.05) is 100 Å². The van der Waals surface area contributed by atoms with E-state index in [-0.39, 0.29) is 53.3 Å². The number of phenolic OH excluding ortho intramolecular Hbond substituents is 2. The summed E-state index contributed by atoms with van der Waals surface area (Å²) < 4.78 is 2.59. The Kier molecular flexibility index (Phi) is 12.7. The van der Waals surface area contributed by atoms with E-state index in [2.05, 4.69) is 5.32 Å². The van der Waals surface area contributed by atoms with Gasteiger partial charge in [-0.1, -0.05) is 24.3 Å². The van der Waals surface area contributed by atoms with Gasteiger partial charge in [-0.2, -0.15) is 0 Å². The molecule has 0 fully saturated rings. The van der Waals surface area contributed by atoms with Crippen LogP contribution in [0.3, 0.4) is 0 Å². The predicted molar refractivity (Wildman–Crippen MR) is 231 cm³/mol. The number of rotatable bonds is 17. The second-order valence-electron chi connectivity index (χ2n) is 16.3. The summed E-state index contributed by atoms with van der Waals surface area (Å²) in [6, 6.07) is 14.3. The molecule has 0 bridgehead atoms. The standard InChI is InChI=1S/C44H56N8O6/c1-47(2)17-19-51-41(55)31-23-33(45-15-13-27-9-11-35(53)29(21-27)25-49(5)6)38-40-37(31)32(42(51)56)24-34(39(40)44(58)52(43(38)57)20-18-48(3)4)46-16-14-28-10-12-36(54)30(22-28)26-50(7)8/h9-12,21-24,45,53-54,58H,13-20,25-26H2,1-8H3. The highest BCUT2D eigenvalue weighted by molar-refractivity contribution is 6.19. The third-order valence-corrected chi connectivity index (χ3v) is 10.5. The van der Waals surface area contributed by atoms with Crippen LogP contribution in [-0.4, -0.2) is 127 Å². The summed E-state index contributed by atoms with van der Waals surface area (Å²) in [5.74, 6) is 0.154. The third kappa shape index (κ3) is 8.80. The van der Waals surface area contributed by atoms with Gasteiger partial charge >= 0.3 is 0 Å². The number of hydrogen-bond donors (Lipinski definition) is 4. The van der Waals surface area contributed by atoms with E-state index < -0.39 is 16.7 Å². The quantitative estimate of drug-likeness (QED) is 0.101. The summed E-state index contributed by atoms with van der Waals surface area (Å²) in [6.45, 7) is 3.05. The van der Waals surface area contributed by atoms with Crippen molar-refractivity contribution in [2.75, 3.05) is 87.9 Å². The van der Waals surface area contributed by atoms with Gasteiger partial charge in [0.05, 0.1) is 27.1 Å². The largest absolute Gasteiger partial charge is 0.508 e. The van der Waals surface area contributed by atoms with Crippen LogP contribution in [-0.2, 0) is 39.0 Å². The fraction of sp³-hybridized carbons (Fsp3) is 0.409. The van der Waals surface area contributed by atoms with Crippen molar-refractivity contribution in [1.82, 2.24) is 28.7 Å². The number of phenols is 2. The van der Waals surface area contributed by atoms with Gasteiger partial charge in [-0.25, -0.2) is 0 Å². The van der Waals surface area contributed by atoms with Crippen molar-refractivity contribution < 1.29 is 15.3 Å². The number of likely N-dealkylation sites (N-methyl/N-ethyl adjacent to an activating group) is 2. The molecule has 2 aliphatic rings. The SMILES string of the molecule is CN(C)CCn1c(O)c2c(=NCCc3ccc(O)c(CN(C)C)c3)cc3c(=O)n(CCN(C)C)c(=O)c4cc(NCCc5ccc(O)c(CN(C)C)c5)c(c1=O)c2c4-3. The maximum atomic E-state index is 14.7. The Labute approximate surface area is 338 Å². The van der Waals surface area contributed by atoms with Crippen LogP contribution in [0.2, 0.25) is 0 Å². The topological polar surface area (TPSA) is 159 Å². The number of pyridine rings is 2. The summed E-state index contributed by atoms with van der Waals surface area (Å²) in [5.41, 5.74) is 3.11. The maximum absolute atomic E-state index is 14.7. The van der Waals surface area contributed by atoms with Gasteiger partial charge in [0.2, 0.25) is 5.88 Å². The molecule has 0 unspecified atom stereocenters. The molecule has 1 aliphatic heterocycles. The molecular weight excluding hydrogens is 737 g/mol. The van der Waals surface area contributed by atoms with E-state index in [4.69, 9.17) is 4.99 Å². The Hall–Kier alpha value is -5.54. The van der Waals surface area contributed by atoms with E-state index in [0.29, 0.717) is 72.9 Å². The normalized spacial score (nSPS) is 12.6. The first-order valence-corrected chi connectivity index (χ1v) is 19.6. The minimum atomic E-state index is -0.483. The molecule has 4 N–H and O–H groups in total.